The highest BCUT2D eigenvalue weighted by Gasteiger charge is 2.38. The van der Waals surface area contributed by atoms with Crippen LogP contribution >= 0.6 is 0 Å². The fourth-order valence-electron chi connectivity index (χ4n) is 0.563. The molecule has 0 bridgehead atoms. The molecule has 0 spiro atoms. The molecule has 1 unspecified atom stereocenters. The van der Waals surface area contributed by atoms with Crippen molar-refractivity contribution in [3.63, 3.8) is 0 Å². The molecule has 1 nitrogen and oxygen atoms in total. The highest BCUT2D eigenvalue weighted by molar-refractivity contribution is 6.67. The molecule has 0 radical (unpaired) electrons. The molecule has 0 saturated carbocycles. The number of nitriles is 1. The normalized spacial score (nSPS) is 14.6. The van der Waals surface area contributed by atoms with Crippen LogP contribution in [-0.4, -0.2) is 8.74 Å². The van der Waals surface area contributed by atoms with Crippen LogP contribution in [0.5, 0.6) is 0 Å². The molecule has 52 valence electrons. The number of hydrogen-bond acceptors (Lipinski definition) is 1. The van der Waals surface area contributed by atoms with E-state index in [9.17, 15) is 8.22 Å². The second-order valence-electron chi connectivity index (χ2n) is 2.05. The molecule has 0 aliphatic heterocycles. The van der Waals surface area contributed by atoms with Gasteiger partial charge in [0.2, 0.25) is 0 Å². The summed E-state index contributed by atoms with van der Waals surface area (Å²) >= 11 is 0. The van der Waals surface area contributed by atoms with E-state index in [0.29, 0.717) is 0 Å². The highest BCUT2D eigenvalue weighted by Crippen LogP contribution is 2.26. The molecule has 0 aliphatic carbocycles. The first-order valence-corrected chi connectivity index (χ1v) is 5.13. The van der Waals surface area contributed by atoms with E-state index < -0.39 is 14.3 Å². The number of nitrogens with zero attached hydrogens (tertiary/aromatic N) is 1. The Morgan fingerprint density at radius 3 is 2.11 bits per heavy atom. The zero-order valence-corrected chi connectivity index (χ0v) is 6.49. The van der Waals surface area contributed by atoms with E-state index in [0.717, 1.165) is 6.55 Å². The SMILES string of the molecule is CCC(C#N)[Si](C)(F)F. The third-order valence-corrected chi connectivity index (χ3v) is 2.94. The monoisotopic (exact) mass is 149 g/mol. The van der Waals surface area contributed by atoms with Gasteiger partial charge in [-0.15, -0.1) is 0 Å². The minimum absolute atomic E-state index is 0.270. The van der Waals surface area contributed by atoms with Gasteiger partial charge in [-0.05, 0) is 13.0 Å². The van der Waals surface area contributed by atoms with Gasteiger partial charge in [0.15, 0.2) is 0 Å². The average Bonchev–Trinajstić information content (AvgIpc) is 1.65. The van der Waals surface area contributed by atoms with E-state index in [1.165, 1.54) is 0 Å². The quantitative estimate of drug-likeness (QED) is 0.436. The third kappa shape index (κ3) is 2.56. The first kappa shape index (κ1) is 8.57. The van der Waals surface area contributed by atoms with E-state index >= 15 is 0 Å². The van der Waals surface area contributed by atoms with Crippen LogP contribution in [0.3, 0.4) is 0 Å². The molecule has 0 aromatic carbocycles. The van der Waals surface area contributed by atoms with Gasteiger partial charge >= 0.3 is 8.74 Å². The zero-order valence-electron chi connectivity index (χ0n) is 5.49. The molecule has 0 amide bonds. The zero-order chi connectivity index (χ0) is 7.49. The molecule has 0 aromatic rings. The molecule has 0 N–H and O–H groups in total. The number of rotatable bonds is 2. The number of halogens is 2. The van der Waals surface area contributed by atoms with E-state index in [-0.39, 0.29) is 6.42 Å². The summed E-state index contributed by atoms with van der Waals surface area (Å²) in [5.74, 6) is 0. The molecule has 9 heavy (non-hydrogen) atoms. The summed E-state index contributed by atoms with van der Waals surface area (Å²) in [7, 11) is -4.15. The molecular formula is C5H9F2NSi. The van der Waals surface area contributed by atoms with Crippen molar-refractivity contribution in [3.05, 3.63) is 0 Å². The summed E-state index contributed by atoms with van der Waals surface area (Å²) < 4.78 is 24.6. The summed E-state index contributed by atoms with van der Waals surface area (Å²) in [5.41, 5.74) is -0.988. The largest absolute Gasteiger partial charge is 0.438 e. The Kier molecular flexibility index (Phi) is 2.78. The van der Waals surface area contributed by atoms with Gasteiger partial charge in [-0.25, -0.2) is 0 Å². The van der Waals surface area contributed by atoms with Crippen molar-refractivity contribution in [2.75, 3.05) is 0 Å². The van der Waals surface area contributed by atoms with Gasteiger partial charge < -0.3 is 0 Å². The topological polar surface area (TPSA) is 23.8 Å². The highest BCUT2D eigenvalue weighted by atomic mass is 28.4. The standard InChI is InChI=1S/C5H9F2NSi/c1-3-5(4-8)9(2,6)7/h5H,3H2,1-2H3. The predicted octanol–water partition coefficient (Wildman–Crippen LogP) is 2.30. The summed E-state index contributed by atoms with van der Waals surface area (Å²) in [5, 5.41) is 8.17. The maximum Gasteiger partial charge on any atom is 0.438 e. The lowest BCUT2D eigenvalue weighted by Crippen LogP contribution is -2.23. The summed E-state index contributed by atoms with van der Waals surface area (Å²) in [6.45, 7) is 2.52. The van der Waals surface area contributed by atoms with Gasteiger partial charge in [-0.2, -0.15) is 5.26 Å². The van der Waals surface area contributed by atoms with Crippen LogP contribution in [0.4, 0.5) is 8.22 Å². The van der Waals surface area contributed by atoms with Crippen molar-refractivity contribution in [3.8, 4) is 6.07 Å². The molecule has 0 heterocycles. The van der Waals surface area contributed by atoms with E-state index in [2.05, 4.69) is 0 Å². The van der Waals surface area contributed by atoms with Crippen molar-refractivity contribution in [2.24, 2.45) is 0 Å². The Morgan fingerprint density at radius 1 is 1.67 bits per heavy atom. The fourth-order valence-corrected chi connectivity index (χ4v) is 1.51. The van der Waals surface area contributed by atoms with Gasteiger partial charge in [0.1, 0.15) is 0 Å². The van der Waals surface area contributed by atoms with E-state index in [4.69, 9.17) is 5.26 Å². The summed E-state index contributed by atoms with van der Waals surface area (Å²) in [6.07, 6.45) is 0.270. The van der Waals surface area contributed by atoms with Crippen LogP contribution in [0, 0.1) is 11.3 Å². The molecule has 4 heteroatoms. The molecular weight excluding hydrogens is 140 g/mol. The molecule has 1 atom stereocenters. The molecule has 0 fully saturated rings. The first-order valence-electron chi connectivity index (χ1n) is 2.79. The van der Waals surface area contributed by atoms with Crippen molar-refractivity contribution in [2.45, 2.75) is 25.4 Å². The molecule has 0 aliphatic rings. The van der Waals surface area contributed by atoms with Crippen molar-refractivity contribution >= 4 is 8.74 Å². The van der Waals surface area contributed by atoms with E-state index in [1.807, 2.05) is 0 Å². The second-order valence-corrected chi connectivity index (χ2v) is 4.66. The lowest BCUT2D eigenvalue weighted by Gasteiger charge is -2.09. The van der Waals surface area contributed by atoms with Gasteiger partial charge in [0, 0.05) is 0 Å². The lowest BCUT2D eigenvalue weighted by molar-refractivity contribution is 0.579. The Bertz CT molecular complexity index is 124. The maximum atomic E-state index is 12.3. The van der Waals surface area contributed by atoms with Crippen molar-refractivity contribution in [1.29, 1.82) is 5.26 Å². The van der Waals surface area contributed by atoms with Crippen LogP contribution in [0.2, 0.25) is 12.1 Å². The summed E-state index contributed by atoms with van der Waals surface area (Å²) in [6, 6.07) is 1.60. The van der Waals surface area contributed by atoms with Crippen LogP contribution in [0.1, 0.15) is 13.3 Å². The van der Waals surface area contributed by atoms with Gasteiger partial charge in [0.25, 0.3) is 0 Å². The Labute approximate surface area is 54.7 Å². The van der Waals surface area contributed by atoms with Crippen molar-refractivity contribution < 1.29 is 8.22 Å². The van der Waals surface area contributed by atoms with Crippen molar-refractivity contribution in [1.82, 2.24) is 0 Å². The lowest BCUT2D eigenvalue weighted by atomic mass is 10.4. The van der Waals surface area contributed by atoms with E-state index in [1.54, 1.807) is 13.0 Å². The molecule has 0 rings (SSSR count). The Balaban J connectivity index is 4.00. The maximum absolute atomic E-state index is 12.3. The van der Waals surface area contributed by atoms with Gasteiger partial charge in [-0.1, -0.05) is 6.92 Å². The minimum Gasteiger partial charge on any atom is -0.269 e. The van der Waals surface area contributed by atoms with Gasteiger partial charge in [-0.3, -0.25) is 8.22 Å². The van der Waals surface area contributed by atoms with Crippen LogP contribution in [0.25, 0.3) is 0 Å². The number of hydrogen-bond donors (Lipinski definition) is 0. The first-order chi connectivity index (χ1) is 4.02. The van der Waals surface area contributed by atoms with Crippen LogP contribution < -0.4 is 0 Å². The fraction of sp³-hybridized carbons (Fsp3) is 0.800. The minimum atomic E-state index is -4.15. The average molecular weight is 149 g/mol. The summed E-state index contributed by atoms with van der Waals surface area (Å²) in [4.78, 5) is 0. The molecule has 0 saturated heterocycles. The second kappa shape index (κ2) is 2.92. The van der Waals surface area contributed by atoms with Crippen LogP contribution in [-0.2, 0) is 0 Å². The molecule has 0 aromatic heterocycles. The third-order valence-electron chi connectivity index (χ3n) is 1.18. The Morgan fingerprint density at radius 2 is 2.11 bits per heavy atom. The predicted molar refractivity (Wildman–Crippen MR) is 33.5 cm³/mol. The van der Waals surface area contributed by atoms with Crippen LogP contribution in [0.15, 0.2) is 0 Å². The Hall–Kier alpha value is -0.433. The smallest absolute Gasteiger partial charge is 0.269 e. The van der Waals surface area contributed by atoms with Gasteiger partial charge in [0.05, 0.1) is 11.6 Å².